The number of fused-ring (bicyclic) bond motifs is 3. The summed E-state index contributed by atoms with van der Waals surface area (Å²) in [5.41, 5.74) is 5.63. The van der Waals surface area contributed by atoms with E-state index in [1.807, 2.05) is 4.90 Å². The van der Waals surface area contributed by atoms with Gasteiger partial charge in [0, 0.05) is 17.2 Å². The lowest BCUT2D eigenvalue weighted by Crippen LogP contribution is -2.39. The van der Waals surface area contributed by atoms with Crippen LogP contribution in [0.1, 0.15) is 35.6 Å². The van der Waals surface area contributed by atoms with Crippen LogP contribution in [-0.2, 0) is 16.1 Å². The van der Waals surface area contributed by atoms with Crippen LogP contribution in [0, 0.1) is 34.7 Å². The average Bonchev–Trinajstić information content (AvgIpc) is 3.38. The molecule has 0 unspecified atom stereocenters. The molecule has 0 spiro atoms. The SMILES string of the molecule is N=C(N)c1cc(F)c([C@H]2[C@H]3C(=O)N(Cc4ccc(F)cc4)C(=O)[C@H]3[C@@H]3CCCN32)c(F)c1. The smallest absolute Gasteiger partial charge is 0.235 e. The van der Waals surface area contributed by atoms with Gasteiger partial charge in [-0.3, -0.25) is 24.8 Å². The van der Waals surface area contributed by atoms with Gasteiger partial charge in [0.05, 0.1) is 24.4 Å². The van der Waals surface area contributed by atoms with Gasteiger partial charge in [0.2, 0.25) is 11.8 Å². The Morgan fingerprint density at radius 3 is 2.28 bits per heavy atom. The Morgan fingerprint density at radius 1 is 1.03 bits per heavy atom. The molecule has 0 aromatic heterocycles. The molecule has 0 saturated carbocycles. The minimum Gasteiger partial charge on any atom is -0.384 e. The second-order valence-electron chi connectivity index (χ2n) is 8.60. The minimum absolute atomic E-state index is 0.0153. The highest BCUT2D eigenvalue weighted by atomic mass is 19.1. The predicted octanol–water partition coefficient (Wildman–Crippen LogP) is 2.71. The number of nitrogen functional groups attached to an aromatic ring is 1. The number of benzene rings is 2. The lowest BCUT2D eigenvalue weighted by atomic mass is 9.84. The maximum absolute atomic E-state index is 15.1. The van der Waals surface area contributed by atoms with Gasteiger partial charge < -0.3 is 5.73 Å². The molecule has 2 aromatic rings. The number of nitrogens with zero attached hydrogens (tertiary/aromatic N) is 2. The molecule has 3 N–H and O–H groups in total. The van der Waals surface area contributed by atoms with E-state index in [1.54, 1.807) is 0 Å². The molecule has 2 amide bonds. The van der Waals surface area contributed by atoms with Crippen LogP contribution in [0.4, 0.5) is 13.2 Å². The molecule has 6 nitrogen and oxygen atoms in total. The van der Waals surface area contributed by atoms with E-state index in [-0.39, 0.29) is 29.6 Å². The van der Waals surface area contributed by atoms with Crippen LogP contribution in [0.5, 0.6) is 0 Å². The Morgan fingerprint density at radius 2 is 1.66 bits per heavy atom. The first-order valence-electron chi connectivity index (χ1n) is 10.5. The largest absolute Gasteiger partial charge is 0.384 e. The lowest BCUT2D eigenvalue weighted by molar-refractivity contribution is -0.142. The van der Waals surface area contributed by atoms with Crippen LogP contribution >= 0.6 is 0 Å². The molecule has 2 aromatic carbocycles. The second kappa shape index (κ2) is 7.44. The Kier molecular flexibility index (Phi) is 4.81. The molecule has 4 atom stereocenters. The van der Waals surface area contributed by atoms with Crippen LogP contribution in [0.2, 0.25) is 0 Å². The summed E-state index contributed by atoms with van der Waals surface area (Å²) in [6, 6.07) is 6.32. The van der Waals surface area contributed by atoms with Crippen molar-refractivity contribution in [2.75, 3.05) is 6.54 Å². The highest BCUT2D eigenvalue weighted by Gasteiger charge is 2.63. The number of hydrogen-bond donors (Lipinski definition) is 2. The van der Waals surface area contributed by atoms with E-state index in [1.165, 1.54) is 24.3 Å². The number of rotatable bonds is 4. The number of hydrogen-bond acceptors (Lipinski definition) is 4. The molecule has 32 heavy (non-hydrogen) atoms. The number of amidine groups is 1. The molecule has 0 radical (unpaired) electrons. The van der Waals surface area contributed by atoms with Crippen molar-refractivity contribution in [3.63, 3.8) is 0 Å². The van der Waals surface area contributed by atoms with Crippen molar-refractivity contribution in [3.05, 3.63) is 70.5 Å². The van der Waals surface area contributed by atoms with E-state index in [0.717, 1.165) is 23.5 Å². The fraction of sp³-hybridized carbons (Fsp3) is 0.348. The third-order valence-corrected chi connectivity index (χ3v) is 6.88. The number of carbonyl (C=O) groups excluding carboxylic acids is 2. The van der Waals surface area contributed by atoms with Gasteiger partial charge in [-0.25, -0.2) is 13.2 Å². The monoisotopic (exact) mass is 442 g/mol. The highest BCUT2D eigenvalue weighted by molar-refractivity contribution is 6.06. The van der Waals surface area contributed by atoms with Crippen LogP contribution in [0.25, 0.3) is 0 Å². The standard InChI is InChI=1S/C23H21F3N4O2/c24-13-5-3-11(4-6-13)10-30-22(31)18-16-2-1-7-29(16)20(19(18)23(30)32)17-14(25)8-12(21(27)28)9-15(17)26/h3-6,8-9,16,18-20H,1-2,7,10H2,(H3,27,28)/t16-,18-,19-,20-/m0/s1. The number of nitrogens with two attached hydrogens (primary N) is 1. The van der Waals surface area contributed by atoms with Crippen LogP contribution in [-0.4, -0.2) is 40.0 Å². The van der Waals surface area contributed by atoms with E-state index in [4.69, 9.17) is 11.1 Å². The van der Waals surface area contributed by atoms with Crippen LogP contribution in [0.15, 0.2) is 36.4 Å². The van der Waals surface area contributed by atoms with Crippen molar-refractivity contribution in [1.29, 1.82) is 5.41 Å². The third-order valence-electron chi connectivity index (χ3n) is 6.88. The summed E-state index contributed by atoms with van der Waals surface area (Å²) in [4.78, 5) is 29.7. The summed E-state index contributed by atoms with van der Waals surface area (Å²) in [7, 11) is 0. The lowest BCUT2D eigenvalue weighted by Gasteiger charge is -2.29. The summed E-state index contributed by atoms with van der Waals surface area (Å²) in [6.45, 7) is 0.521. The van der Waals surface area contributed by atoms with E-state index in [0.29, 0.717) is 18.5 Å². The zero-order valence-corrected chi connectivity index (χ0v) is 17.0. The molecule has 3 aliphatic heterocycles. The Labute approximate surface area is 182 Å². The predicted molar refractivity (Wildman–Crippen MR) is 109 cm³/mol. The number of nitrogens with one attached hydrogen (secondary N) is 1. The van der Waals surface area contributed by atoms with Gasteiger partial charge in [-0.1, -0.05) is 12.1 Å². The summed E-state index contributed by atoms with van der Waals surface area (Å²) in [5, 5.41) is 7.45. The maximum Gasteiger partial charge on any atom is 0.235 e. The highest BCUT2D eigenvalue weighted by Crippen LogP contribution is 2.54. The van der Waals surface area contributed by atoms with Crippen molar-refractivity contribution in [2.24, 2.45) is 17.6 Å². The van der Waals surface area contributed by atoms with Gasteiger partial charge in [-0.05, 0) is 49.2 Å². The first-order chi connectivity index (χ1) is 15.3. The topological polar surface area (TPSA) is 90.5 Å². The number of imide groups is 1. The van der Waals surface area contributed by atoms with Crippen molar-refractivity contribution in [1.82, 2.24) is 9.80 Å². The zero-order valence-electron chi connectivity index (χ0n) is 17.0. The second-order valence-corrected chi connectivity index (χ2v) is 8.60. The number of amides is 2. The zero-order chi connectivity index (χ0) is 22.7. The van der Waals surface area contributed by atoms with Crippen molar-refractivity contribution in [2.45, 2.75) is 31.5 Å². The number of carbonyl (C=O) groups is 2. The van der Waals surface area contributed by atoms with E-state index in [9.17, 15) is 14.0 Å². The Balaban J connectivity index is 1.54. The Bertz CT molecular complexity index is 1110. The maximum atomic E-state index is 15.1. The molecule has 9 heteroatoms. The van der Waals surface area contributed by atoms with Gasteiger partial charge in [0.1, 0.15) is 23.3 Å². The van der Waals surface area contributed by atoms with E-state index >= 15 is 8.78 Å². The molecular formula is C23H21F3N4O2. The van der Waals surface area contributed by atoms with Crippen molar-refractivity contribution >= 4 is 17.6 Å². The molecule has 5 rings (SSSR count). The van der Waals surface area contributed by atoms with Gasteiger partial charge in [0.15, 0.2) is 0 Å². The third kappa shape index (κ3) is 3.02. The summed E-state index contributed by atoms with van der Waals surface area (Å²) < 4.78 is 43.4. The summed E-state index contributed by atoms with van der Waals surface area (Å²) in [5.74, 6) is -5.07. The van der Waals surface area contributed by atoms with E-state index < -0.39 is 47.1 Å². The van der Waals surface area contributed by atoms with Crippen molar-refractivity contribution < 1.29 is 22.8 Å². The molecule has 0 aliphatic carbocycles. The molecular weight excluding hydrogens is 421 g/mol. The van der Waals surface area contributed by atoms with E-state index in [2.05, 4.69) is 0 Å². The number of halogens is 3. The van der Waals surface area contributed by atoms with Gasteiger partial charge in [-0.2, -0.15) is 0 Å². The first kappa shape index (κ1) is 20.7. The summed E-state index contributed by atoms with van der Waals surface area (Å²) >= 11 is 0. The molecule has 3 fully saturated rings. The quantitative estimate of drug-likeness (QED) is 0.433. The van der Waals surface area contributed by atoms with Gasteiger partial charge in [0.25, 0.3) is 0 Å². The normalized spacial score (nSPS) is 27.2. The molecule has 3 saturated heterocycles. The van der Waals surface area contributed by atoms with Crippen LogP contribution < -0.4 is 5.73 Å². The average molecular weight is 442 g/mol. The van der Waals surface area contributed by atoms with Gasteiger partial charge >= 0.3 is 0 Å². The molecule has 166 valence electrons. The number of likely N-dealkylation sites (tertiary alicyclic amines) is 1. The van der Waals surface area contributed by atoms with Gasteiger partial charge in [-0.15, -0.1) is 0 Å². The summed E-state index contributed by atoms with van der Waals surface area (Å²) in [6.07, 6.45) is 1.43. The first-order valence-corrected chi connectivity index (χ1v) is 10.5. The Hall–Kier alpha value is -3.20. The molecule has 0 bridgehead atoms. The minimum atomic E-state index is -0.914. The van der Waals surface area contributed by atoms with Crippen LogP contribution in [0.3, 0.4) is 0 Å². The fourth-order valence-corrected chi connectivity index (χ4v) is 5.56. The molecule has 3 heterocycles. The molecule has 3 aliphatic rings. The fourth-order valence-electron chi connectivity index (χ4n) is 5.56. The van der Waals surface area contributed by atoms with Crippen molar-refractivity contribution in [3.8, 4) is 0 Å².